The molecule has 0 unspecified atom stereocenters. The maximum atomic E-state index is 12.5. The average molecular weight is 424 g/mol. The Morgan fingerprint density at radius 2 is 1.74 bits per heavy atom. The third kappa shape index (κ3) is 4.05. The lowest BCUT2D eigenvalue weighted by Gasteiger charge is -2.56. The fourth-order valence-electron chi connectivity index (χ4n) is 6.40. The van der Waals surface area contributed by atoms with Gasteiger partial charge < -0.3 is 14.8 Å². The molecule has 0 radical (unpaired) electrons. The number of aromatic nitrogens is 2. The standard InChI is InChI=1S/C24H29N3O4/c1-30-20-13-27(19-5-3-2-4-6-19)26-22(20)23(29)31-14-21(28)25-15-24-10-16-7-17(11-24)9-18(8-16)12-24/h2-6,13,16-18H,7-12,14-15H2,1H3,(H,25,28). The van der Waals surface area contributed by atoms with Gasteiger partial charge in [0.15, 0.2) is 12.4 Å². The van der Waals surface area contributed by atoms with Gasteiger partial charge in [0.05, 0.1) is 19.0 Å². The number of carbonyl (C=O) groups is 2. The molecule has 4 saturated carbocycles. The van der Waals surface area contributed by atoms with E-state index in [-0.39, 0.29) is 23.6 Å². The van der Waals surface area contributed by atoms with Crippen molar-refractivity contribution in [2.45, 2.75) is 38.5 Å². The topological polar surface area (TPSA) is 82.5 Å². The van der Waals surface area contributed by atoms with Gasteiger partial charge in [-0.2, -0.15) is 5.10 Å². The fourth-order valence-corrected chi connectivity index (χ4v) is 6.40. The Morgan fingerprint density at radius 3 is 2.35 bits per heavy atom. The van der Waals surface area contributed by atoms with Crippen LogP contribution in [0, 0.1) is 23.2 Å². The molecule has 1 aromatic carbocycles. The van der Waals surface area contributed by atoms with Crippen molar-refractivity contribution in [2.75, 3.05) is 20.3 Å². The van der Waals surface area contributed by atoms with E-state index in [2.05, 4.69) is 10.4 Å². The summed E-state index contributed by atoms with van der Waals surface area (Å²) in [6.45, 7) is 0.380. The molecule has 7 heteroatoms. The third-order valence-electron chi connectivity index (χ3n) is 7.27. The van der Waals surface area contributed by atoms with Gasteiger partial charge in [-0.05, 0) is 73.8 Å². The molecule has 1 N–H and O–H groups in total. The van der Waals surface area contributed by atoms with Gasteiger partial charge >= 0.3 is 5.97 Å². The van der Waals surface area contributed by atoms with Crippen molar-refractivity contribution in [2.24, 2.45) is 23.2 Å². The summed E-state index contributed by atoms with van der Waals surface area (Å²) in [6, 6.07) is 9.42. The Balaban J connectivity index is 1.16. The van der Waals surface area contributed by atoms with Gasteiger partial charge in [-0.15, -0.1) is 0 Å². The van der Waals surface area contributed by atoms with E-state index in [0.29, 0.717) is 12.3 Å². The van der Waals surface area contributed by atoms with Crippen LogP contribution >= 0.6 is 0 Å². The molecule has 0 atom stereocenters. The van der Waals surface area contributed by atoms with Crippen molar-refractivity contribution in [3.63, 3.8) is 0 Å². The molecule has 1 aromatic heterocycles. The highest BCUT2D eigenvalue weighted by Crippen LogP contribution is 2.59. The van der Waals surface area contributed by atoms with Crippen LogP contribution in [0.1, 0.15) is 49.0 Å². The number of nitrogens with one attached hydrogen (secondary N) is 1. The number of ether oxygens (including phenoxy) is 2. The lowest BCUT2D eigenvalue weighted by atomic mass is 9.49. The van der Waals surface area contributed by atoms with E-state index in [0.717, 1.165) is 23.4 Å². The van der Waals surface area contributed by atoms with Crippen molar-refractivity contribution >= 4 is 11.9 Å². The number of hydrogen-bond donors (Lipinski definition) is 1. The quantitative estimate of drug-likeness (QED) is 0.691. The zero-order chi connectivity index (χ0) is 21.4. The highest BCUT2D eigenvalue weighted by Gasteiger charge is 2.50. The van der Waals surface area contributed by atoms with E-state index >= 15 is 0 Å². The van der Waals surface area contributed by atoms with E-state index in [1.165, 1.54) is 45.6 Å². The van der Waals surface area contributed by atoms with Crippen molar-refractivity contribution in [3.05, 3.63) is 42.2 Å². The predicted octanol–water partition coefficient (Wildman–Crippen LogP) is 3.37. The van der Waals surface area contributed by atoms with Crippen LogP contribution in [0.2, 0.25) is 0 Å². The van der Waals surface area contributed by atoms with Gasteiger partial charge in [0, 0.05) is 6.54 Å². The van der Waals surface area contributed by atoms with Crippen molar-refractivity contribution in [3.8, 4) is 11.4 Å². The normalized spacial score (nSPS) is 28.4. The van der Waals surface area contributed by atoms with Gasteiger partial charge in [0.25, 0.3) is 5.91 Å². The van der Waals surface area contributed by atoms with E-state index < -0.39 is 5.97 Å². The van der Waals surface area contributed by atoms with Crippen LogP contribution in [0.5, 0.6) is 5.75 Å². The Hall–Kier alpha value is -2.83. The summed E-state index contributed by atoms with van der Waals surface area (Å²) in [5.41, 5.74) is 1.11. The second-order valence-corrected chi connectivity index (χ2v) is 9.60. The number of methoxy groups -OCH3 is 1. The molecule has 1 amide bonds. The summed E-state index contributed by atoms with van der Waals surface area (Å²) in [6.07, 6.45) is 9.44. The molecule has 0 saturated heterocycles. The maximum absolute atomic E-state index is 12.5. The third-order valence-corrected chi connectivity index (χ3v) is 7.27. The SMILES string of the molecule is COc1cn(-c2ccccc2)nc1C(=O)OCC(=O)NCC12CC3CC(CC(C3)C1)C2. The summed E-state index contributed by atoms with van der Waals surface area (Å²) in [7, 11) is 1.47. The summed E-state index contributed by atoms with van der Waals surface area (Å²) in [5.74, 6) is 1.90. The first-order valence-corrected chi connectivity index (χ1v) is 11.2. The average Bonchev–Trinajstić information content (AvgIpc) is 3.20. The Morgan fingerprint density at radius 1 is 1.10 bits per heavy atom. The number of amides is 1. The predicted molar refractivity (Wildman–Crippen MR) is 114 cm³/mol. The molecule has 6 rings (SSSR count). The second kappa shape index (κ2) is 8.02. The van der Waals surface area contributed by atoms with Crippen LogP contribution in [-0.4, -0.2) is 41.9 Å². The van der Waals surface area contributed by atoms with Crippen LogP contribution in [0.3, 0.4) is 0 Å². The smallest absolute Gasteiger partial charge is 0.363 e. The Labute approximate surface area is 182 Å². The fraction of sp³-hybridized carbons (Fsp3) is 0.542. The second-order valence-electron chi connectivity index (χ2n) is 9.60. The van der Waals surface area contributed by atoms with Gasteiger partial charge in [-0.3, -0.25) is 4.79 Å². The molecular formula is C24H29N3O4. The Bertz CT molecular complexity index is 933. The Kier molecular flexibility index (Phi) is 5.20. The summed E-state index contributed by atoms with van der Waals surface area (Å²) < 4.78 is 12.1. The van der Waals surface area contributed by atoms with Crippen molar-refractivity contribution in [1.82, 2.24) is 15.1 Å². The molecule has 1 heterocycles. The molecule has 4 fully saturated rings. The molecular weight excluding hydrogens is 394 g/mol. The minimum absolute atomic E-state index is 0.0558. The number of carbonyl (C=O) groups excluding carboxylic acids is 2. The lowest BCUT2D eigenvalue weighted by Crippen LogP contribution is -2.51. The highest BCUT2D eigenvalue weighted by molar-refractivity contribution is 5.92. The molecule has 4 aliphatic carbocycles. The molecule has 7 nitrogen and oxygen atoms in total. The number of para-hydroxylation sites is 1. The minimum atomic E-state index is -0.670. The largest absolute Gasteiger partial charge is 0.493 e. The van der Waals surface area contributed by atoms with E-state index in [4.69, 9.17) is 9.47 Å². The van der Waals surface area contributed by atoms with E-state index in [9.17, 15) is 9.59 Å². The molecule has 0 spiro atoms. The molecule has 4 aliphatic rings. The van der Waals surface area contributed by atoms with Crippen LogP contribution in [0.25, 0.3) is 5.69 Å². The lowest BCUT2D eigenvalue weighted by molar-refractivity contribution is -0.126. The number of hydrogen-bond acceptors (Lipinski definition) is 5. The number of benzene rings is 1. The minimum Gasteiger partial charge on any atom is -0.493 e. The van der Waals surface area contributed by atoms with Crippen molar-refractivity contribution < 1.29 is 19.1 Å². The molecule has 2 aromatic rings. The zero-order valence-corrected chi connectivity index (χ0v) is 17.9. The molecule has 0 aliphatic heterocycles. The maximum Gasteiger partial charge on any atom is 0.363 e. The summed E-state index contributed by atoms with van der Waals surface area (Å²) >= 11 is 0. The first-order chi connectivity index (χ1) is 15.0. The van der Waals surface area contributed by atoms with Gasteiger partial charge in [0.2, 0.25) is 5.69 Å². The molecule has 4 bridgehead atoms. The molecule has 164 valence electrons. The first-order valence-electron chi connectivity index (χ1n) is 11.2. The molecule has 31 heavy (non-hydrogen) atoms. The van der Waals surface area contributed by atoms with E-state index in [1.54, 1.807) is 10.9 Å². The van der Waals surface area contributed by atoms with Crippen LogP contribution in [0.15, 0.2) is 36.5 Å². The number of esters is 1. The first kappa shape index (κ1) is 20.1. The summed E-state index contributed by atoms with van der Waals surface area (Å²) in [5, 5.41) is 7.32. The van der Waals surface area contributed by atoms with Gasteiger partial charge in [-0.1, -0.05) is 18.2 Å². The number of nitrogens with zero attached hydrogens (tertiary/aromatic N) is 2. The zero-order valence-electron chi connectivity index (χ0n) is 17.9. The van der Waals surface area contributed by atoms with Gasteiger partial charge in [0.1, 0.15) is 0 Å². The monoisotopic (exact) mass is 423 g/mol. The van der Waals surface area contributed by atoms with Crippen LogP contribution in [-0.2, 0) is 9.53 Å². The van der Waals surface area contributed by atoms with Gasteiger partial charge in [-0.25, -0.2) is 9.48 Å². The summed E-state index contributed by atoms with van der Waals surface area (Å²) in [4.78, 5) is 24.9. The van der Waals surface area contributed by atoms with E-state index in [1.807, 2.05) is 30.3 Å². The van der Waals surface area contributed by atoms with Crippen LogP contribution < -0.4 is 10.1 Å². The van der Waals surface area contributed by atoms with Crippen molar-refractivity contribution in [1.29, 1.82) is 0 Å². The highest BCUT2D eigenvalue weighted by atomic mass is 16.5. The number of rotatable bonds is 7. The van der Waals surface area contributed by atoms with Crippen LogP contribution in [0.4, 0.5) is 0 Å².